The van der Waals surface area contributed by atoms with E-state index in [2.05, 4.69) is 0 Å². The lowest BCUT2D eigenvalue weighted by Gasteiger charge is -2.50. The summed E-state index contributed by atoms with van der Waals surface area (Å²) in [4.78, 5) is 26.7. The molecule has 24 heavy (non-hydrogen) atoms. The summed E-state index contributed by atoms with van der Waals surface area (Å²) < 4.78 is 23.9. The molecule has 0 spiro atoms. The molecule has 0 bridgehead atoms. The average molecular weight is 335 g/mol. The number of amides is 1. The molecular weight excluding hydrogens is 313 g/mol. The van der Waals surface area contributed by atoms with E-state index in [4.69, 9.17) is 9.47 Å². The molecule has 0 saturated carbocycles. The summed E-state index contributed by atoms with van der Waals surface area (Å²) in [5, 5.41) is 0. The van der Waals surface area contributed by atoms with Gasteiger partial charge in [0, 0.05) is 26.3 Å². The molecule has 0 unspecified atom stereocenters. The number of carbonyl (C=O) groups excluding carboxylic acids is 2. The quantitative estimate of drug-likeness (QED) is 0.792. The van der Waals surface area contributed by atoms with Crippen LogP contribution in [0.5, 0.6) is 0 Å². The Labute approximate surface area is 140 Å². The van der Waals surface area contributed by atoms with Crippen LogP contribution in [0.4, 0.5) is 4.39 Å². The van der Waals surface area contributed by atoms with Crippen LogP contribution < -0.4 is 0 Å². The summed E-state index contributed by atoms with van der Waals surface area (Å²) in [7, 11) is 1.35. The molecule has 2 saturated heterocycles. The van der Waals surface area contributed by atoms with E-state index in [1.54, 1.807) is 24.0 Å². The third kappa shape index (κ3) is 2.69. The summed E-state index contributed by atoms with van der Waals surface area (Å²) in [6.07, 6.45) is 1.03. The molecule has 3 rings (SSSR count). The van der Waals surface area contributed by atoms with Gasteiger partial charge < -0.3 is 14.4 Å². The summed E-state index contributed by atoms with van der Waals surface area (Å²) in [5.41, 5.74) is -0.751. The Balaban J connectivity index is 1.85. The number of halogens is 1. The Bertz CT molecular complexity index is 648. The highest BCUT2D eigenvalue weighted by Crippen LogP contribution is 2.41. The molecule has 0 aromatic heterocycles. The van der Waals surface area contributed by atoms with Gasteiger partial charge in [-0.2, -0.15) is 0 Å². The molecule has 0 aliphatic carbocycles. The molecule has 0 atom stereocenters. The lowest BCUT2D eigenvalue weighted by Crippen LogP contribution is -2.65. The second-order valence-corrected chi connectivity index (χ2v) is 6.92. The zero-order chi connectivity index (χ0) is 17.4. The fourth-order valence-electron chi connectivity index (χ4n) is 3.75. The van der Waals surface area contributed by atoms with Gasteiger partial charge in [0.1, 0.15) is 11.2 Å². The topological polar surface area (TPSA) is 55.8 Å². The minimum atomic E-state index is -0.780. The normalized spacial score (nSPS) is 21.7. The first-order chi connectivity index (χ1) is 11.4. The molecule has 130 valence electrons. The van der Waals surface area contributed by atoms with E-state index in [9.17, 15) is 14.0 Å². The highest BCUT2D eigenvalue weighted by atomic mass is 19.1. The Hall–Kier alpha value is -1.95. The minimum absolute atomic E-state index is 0.0576. The Morgan fingerprint density at radius 1 is 1.25 bits per heavy atom. The Kier molecular flexibility index (Phi) is 4.34. The molecule has 2 aliphatic heterocycles. The number of hydrogen-bond donors (Lipinski definition) is 0. The first-order valence-corrected chi connectivity index (χ1v) is 8.13. The maximum atomic E-state index is 13.7. The first kappa shape index (κ1) is 16.9. The van der Waals surface area contributed by atoms with Gasteiger partial charge in [-0.25, -0.2) is 4.39 Å². The van der Waals surface area contributed by atoms with Crippen molar-refractivity contribution in [1.29, 1.82) is 0 Å². The van der Waals surface area contributed by atoms with Crippen LogP contribution in [0.3, 0.4) is 0 Å². The highest BCUT2D eigenvalue weighted by molar-refractivity contribution is 5.91. The molecular formula is C18H22FNO4. The molecule has 2 aliphatic rings. The van der Waals surface area contributed by atoms with Gasteiger partial charge in [0.15, 0.2) is 0 Å². The van der Waals surface area contributed by atoms with E-state index < -0.39 is 10.8 Å². The van der Waals surface area contributed by atoms with Crippen LogP contribution in [0.2, 0.25) is 0 Å². The second-order valence-electron chi connectivity index (χ2n) is 6.92. The fraction of sp³-hybridized carbons (Fsp3) is 0.556. The van der Waals surface area contributed by atoms with Crippen molar-refractivity contribution >= 4 is 11.9 Å². The van der Waals surface area contributed by atoms with E-state index in [1.165, 1.54) is 19.2 Å². The zero-order valence-corrected chi connectivity index (χ0v) is 14.0. The molecule has 1 aromatic carbocycles. The molecule has 2 heterocycles. The molecule has 1 aromatic rings. The number of methoxy groups -OCH3 is 1. The van der Waals surface area contributed by atoms with E-state index in [-0.39, 0.29) is 17.7 Å². The lowest BCUT2D eigenvalue weighted by atomic mass is 9.70. The van der Waals surface area contributed by atoms with Crippen molar-refractivity contribution < 1.29 is 23.5 Å². The monoisotopic (exact) mass is 335 g/mol. The predicted molar refractivity (Wildman–Crippen MR) is 84.8 cm³/mol. The zero-order valence-electron chi connectivity index (χ0n) is 14.0. The summed E-state index contributed by atoms with van der Waals surface area (Å²) in [5.74, 6) is -0.717. The third-order valence-electron chi connectivity index (χ3n) is 5.18. The Morgan fingerprint density at radius 3 is 2.50 bits per heavy atom. The van der Waals surface area contributed by atoms with Gasteiger partial charge in [0.25, 0.3) is 0 Å². The van der Waals surface area contributed by atoms with E-state index in [0.717, 1.165) is 0 Å². The SMILES string of the molecule is COC(=O)C1(C)CN(C(=O)C2(c3cccc(F)c3)CCOCC2)C1. The number of rotatable bonds is 3. The van der Waals surface area contributed by atoms with E-state index >= 15 is 0 Å². The molecule has 6 heteroatoms. The molecule has 0 N–H and O–H groups in total. The number of hydrogen-bond acceptors (Lipinski definition) is 4. The summed E-state index contributed by atoms with van der Waals surface area (Å²) in [6, 6.07) is 6.23. The van der Waals surface area contributed by atoms with Crippen molar-refractivity contribution in [3.8, 4) is 0 Å². The van der Waals surface area contributed by atoms with Crippen LogP contribution in [0.25, 0.3) is 0 Å². The number of nitrogens with zero attached hydrogens (tertiary/aromatic N) is 1. The standard InChI is InChI=1S/C18H22FNO4/c1-17(16(22)23-2)11-20(12-17)15(21)18(6-8-24-9-7-18)13-4-3-5-14(19)10-13/h3-5,10H,6-9,11-12H2,1-2H3. The van der Waals surface area contributed by atoms with Gasteiger partial charge in [-0.15, -0.1) is 0 Å². The predicted octanol–water partition coefficient (Wildman–Crippen LogP) is 1.90. The van der Waals surface area contributed by atoms with Crippen molar-refractivity contribution in [2.24, 2.45) is 5.41 Å². The van der Waals surface area contributed by atoms with Crippen LogP contribution in [0.15, 0.2) is 24.3 Å². The van der Waals surface area contributed by atoms with Crippen molar-refractivity contribution in [1.82, 2.24) is 4.90 Å². The van der Waals surface area contributed by atoms with Gasteiger partial charge in [-0.05, 0) is 37.5 Å². The summed E-state index contributed by atoms with van der Waals surface area (Å²) in [6.45, 7) is 3.38. The molecule has 0 radical (unpaired) electrons. The van der Waals surface area contributed by atoms with Crippen LogP contribution in [-0.4, -0.2) is 50.2 Å². The largest absolute Gasteiger partial charge is 0.468 e. The fourth-order valence-corrected chi connectivity index (χ4v) is 3.75. The van der Waals surface area contributed by atoms with E-state index in [1.807, 2.05) is 0 Å². The third-order valence-corrected chi connectivity index (χ3v) is 5.18. The van der Waals surface area contributed by atoms with Crippen molar-refractivity contribution in [2.75, 3.05) is 33.4 Å². The second kappa shape index (κ2) is 6.16. The summed E-state index contributed by atoms with van der Waals surface area (Å²) >= 11 is 0. The van der Waals surface area contributed by atoms with Gasteiger partial charge in [-0.3, -0.25) is 9.59 Å². The van der Waals surface area contributed by atoms with Gasteiger partial charge in [-0.1, -0.05) is 12.1 Å². The van der Waals surface area contributed by atoms with Crippen LogP contribution in [-0.2, 0) is 24.5 Å². The average Bonchev–Trinajstić information content (AvgIpc) is 2.58. The van der Waals surface area contributed by atoms with Gasteiger partial charge >= 0.3 is 5.97 Å². The van der Waals surface area contributed by atoms with Crippen molar-refractivity contribution in [3.05, 3.63) is 35.6 Å². The lowest BCUT2D eigenvalue weighted by molar-refractivity contribution is -0.170. The van der Waals surface area contributed by atoms with Crippen LogP contribution >= 0.6 is 0 Å². The molecule has 2 fully saturated rings. The maximum Gasteiger partial charge on any atom is 0.315 e. The van der Waals surface area contributed by atoms with Gasteiger partial charge in [0.2, 0.25) is 5.91 Å². The van der Waals surface area contributed by atoms with Crippen LogP contribution in [0.1, 0.15) is 25.3 Å². The minimum Gasteiger partial charge on any atom is -0.468 e. The smallest absolute Gasteiger partial charge is 0.315 e. The van der Waals surface area contributed by atoms with Crippen molar-refractivity contribution in [2.45, 2.75) is 25.2 Å². The first-order valence-electron chi connectivity index (χ1n) is 8.13. The van der Waals surface area contributed by atoms with Crippen LogP contribution in [0, 0.1) is 11.2 Å². The number of ether oxygens (including phenoxy) is 2. The number of esters is 1. The number of carbonyl (C=O) groups is 2. The molecule has 1 amide bonds. The molecule has 5 nitrogen and oxygen atoms in total. The Morgan fingerprint density at radius 2 is 1.92 bits per heavy atom. The van der Waals surface area contributed by atoms with E-state index in [0.29, 0.717) is 44.7 Å². The van der Waals surface area contributed by atoms with Gasteiger partial charge in [0.05, 0.1) is 12.5 Å². The number of benzene rings is 1. The maximum absolute atomic E-state index is 13.7. The number of likely N-dealkylation sites (tertiary alicyclic amines) is 1. The highest BCUT2D eigenvalue weighted by Gasteiger charge is 2.53. The van der Waals surface area contributed by atoms with Crippen molar-refractivity contribution in [3.63, 3.8) is 0 Å².